The zero-order chi connectivity index (χ0) is 11.3. The molecule has 0 atom stereocenters. The van der Waals surface area contributed by atoms with E-state index in [0.29, 0.717) is 0 Å². The largest absolute Gasteiger partial charge is 0.396 e. The van der Waals surface area contributed by atoms with E-state index in [1.54, 1.807) is 0 Å². The summed E-state index contributed by atoms with van der Waals surface area (Å²) in [6.07, 6.45) is 0.765. The summed E-state index contributed by atoms with van der Waals surface area (Å²) in [5.74, 6) is 0. The Labute approximate surface area is 99.8 Å². The van der Waals surface area contributed by atoms with Gasteiger partial charge in [0.2, 0.25) is 0 Å². The fourth-order valence-electron chi connectivity index (χ4n) is 1.36. The van der Waals surface area contributed by atoms with Gasteiger partial charge in [-0.3, -0.25) is 0 Å². The van der Waals surface area contributed by atoms with Gasteiger partial charge in [0, 0.05) is 23.2 Å². The SMILES string of the molecule is CC(C)(CCO)NCc1cccc(Br)c1. The van der Waals surface area contributed by atoms with Gasteiger partial charge in [-0.05, 0) is 38.0 Å². The lowest BCUT2D eigenvalue weighted by Crippen LogP contribution is -2.39. The van der Waals surface area contributed by atoms with E-state index in [2.05, 4.69) is 47.2 Å². The van der Waals surface area contributed by atoms with Gasteiger partial charge in [0.05, 0.1) is 0 Å². The molecule has 1 aromatic carbocycles. The molecule has 0 saturated carbocycles. The molecule has 0 bridgehead atoms. The summed E-state index contributed by atoms with van der Waals surface area (Å²) in [6.45, 7) is 5.24. The zero-order valence-corrected chi connectivity index (χ0v) is 10.8. The van der Waals surface area contributed by atoms with E-state index in [4.69, 9.17) is 5.11 Å². The van der Waals surface area contributed by atoms with E-state index in [1.165, 1.54) is 5.56 Å². The molecule has 1 rings (SSSR count). The molecular weight excluding hydrogens is 254 g/mol. The van der Waals surface area contributed by atoms with Crippen molar-refractivity contribution in [3.63, 3.8) is 0 Å². The van der Waals surface area contributed by atoms with Crippen LogP contribution < -0.4 is 5.32 Å². The standard InChI is InChI=1S/C12H18BrNO/c1-12(2,6-7-15)14-9-10-4-3-5-11(13)8-10/h3-5,8,14-15H,6-7,9H2,1-2H3. The van der Waals surface area contributed by atoms with Gasteiger partial charge >= 0.3 is 0 Å². The first-order valence-electron chi connectivity index (χ1n) is 5.14. The maximum absolute atomic E-state index is 8.90. The maximum Gasteiger partial charge on any atom is 0.0448 e. The fourth-order valence-corrected chi connectivity index (χ4v) is 1.80. The van der Waals surface area contributed by atoms with Gasteiger partial charge in [0.15, 0.2) is 0 Å². The third kappa shape index (κ3) is 4.78. The molecule has 2 nitrogen and oxygen atoms in total. The van der Waals surface area contributed by atoms with Gasteiger partial charge in [-0.25, -0.2) is 0 Å². The van der Waals surface area contributed by atoms with Gasteiger partial charge in [-0.2, -0.15) is 0 Å². The van der Waals surface area contributed by atoms with Crippen molar-refractivity contribution in [3.8, 4) is 0 Å². The summed E-state index contributed by atoms with van der Waals surface area (Å²) in [4.78, 5) is 0. The molecule has 15 heavy (non-hydrogen) atoms. The number of hydrogen-bond donors (Lipinski definition) is 2. The Bertz CT molecular complexity index is 312. The highest BCUT2D eigenvalue weighted by Gasteiger charge is 2.15. The predicted octanol–water partition coefficient (Wildman–Crippen LogP) is 2.70. The van der Waals surface area contributed by atoms with Crippen LogP contribution in [0.25, 0.3) is 0 Å². The van der Waals surface area contributed by atoms with Gasteiger partial charge in [-0.15, -0.1) is 0 Å². The number of aliphatic hydroxyl groups is 1. The molecule has 0 heterocycles. The van der Waals surface area contributed by atoms with E-state index in [9.17, 15) is 0 Å². The molecule has 3 heteroatoms. The lowest BCUT2D eigenvalue weighted by atomic mass is 10.0. The number of halogens is 1. The molecule has 0 spiro atoms. The van der Waals surface area contributed by atoms with Crippen LogP contribution in [-0.2, 0) is 6.54 Å². The first-order valence-corrected chi connectivity index (χ1v) is 5.93. The molecule has 0 amide bonds. The summed E-state index contributed by atoms with van der Waals surface area (Å²) < 4.78 is 1.10. The molecule has 2 N–H and O–H groups in total. The molecule has 0 aliphatic rings. The van der Waals surface area contributed by atoms with Crippen LogP contribution >= 0.6 is 15.9 Å². The summed E-state index contributed by atoms with van der Waals surface area (Å²) >= 11 is 3.45. The lowest BCUT2D eigenvalue weighted by molar-refractivity contribution is 0.230. The van der Waals surface area contributed by atoms with Gasteiger partial charge in [0.1, 0.15) is 0 Å². The zero-order valence-electron chi connectivity index (χ0n) is 9.26. The number of rotatable bonds is 5. The Hall–Kier alpha value is -0.380. The van der Waals surface area contributed by atoms with Crippen LogP contribution in [-0.4, -0.2) is 17.3 Å². The molecule has 0 unspecified atom stereocenters. The average Bonchev–Trinajstić information content (AvgIpc) is 2.15. The van der Waals surface area contributed by atoms with Crippen molar-refractivity contribution in [1.29, 1.82) is 0 Å². The second-order valence-corrected chi connectivity index (χ2v) is 5.26. The van der Waals surface area contributed by atoms with Gasteiger partial charge < -0.3 is 10.4 Å². The van der Waals surface area contributed by atoms with Gasteiger partial charge in [0.25, 0.3) is 0 Å². The molecule has 0 radical (unpaired) electrons. The van der Waals surface area contributed by atoms with Crippen molar-refractivity contribution in [3.05, 3.63) is 34.3 Å². The van der Waals surface area contributed by atoms with E-state index in [-0.39, 0.29) is 12.1 Å². The molecule has 1 aromatic rings. The van der Waals surface area contributed by atoms with Crippen LogP contribution in [0.1, 0.15) is 25.8 Å². The molecule has 0 aliphatic heterocycles. The van der Waals surface area contributed by atoms with Crippen molar-refractivity contribution in [2.45, 2.75) is 32.4 Å². The minimum absolute atomic E-state index is 0.0168. The molecule has 0 fully saturated rings. The normalized spacial score (nSPS) is 11.7. The van der Waals surface area contributed by atoms with Crippen LogP contribution in [0.4, 0.5) is 0 Å². The molecule has 0 saturated heterocycles. The Morgan fingerprint density at radius 1 is 1.40 bits per heavy atom. The number of hydrogen-bond acceptors (Lipinski definition) is 2. The minimum Gasteiger partial charge on any atom is -0.396 e. The fraction of sp³-hybridized carbons (Fsp3) is 0.500. The van der Waals surface area contributed by atoms with Crippen molar-refractivity contribution >= 4 is 15.9 Å². The highest BCUT2D eigenvalue weighted by molar-refractivity contribution is 9.10. The van der Waals surface area contributed by atoms with Crippen LogP contribution in [0.15, 0.2) is 28.7 Å². The summed E-state index contributed by atoms with van der Waals surface area (Å²) in [5.41, 5.74) is 1.23. The van der Waals surface area contributed by atoms with Crippen molar-refractivity contribution in [2.24, 2.45) is 0 Å². The van der Waals surface area contributed by atoms with Crippen molar-refractivity contribution in [1.82, 2.24) is 5.32 Å². The number of benzene rings is 1. The maximum atomic E-state index is 8.90. The van der Waals surface area contributed by atoms with E-state index >= 15 is 0 Å². The Morgan fingerprint density at radius 3 is 2.73 bits per heavy atom. The van der Waals surface area contributed by atoms with E-state index < -0.39 is 0 Å². The van der Waals surface area contributed by atoms with Crippen LogP contribution in [0.2, 0.25) is 0 Å². The lowest BCUT2D eigenvalue weighted by Gasteiger charge is -2.25. The average molecular weight is 272 g/mol. The van der Waals surface area contributed by atoms with E-state index in [0.717, 1.165) is 17.4 Å². The summed E-state index contributed by atoms with van der Waals surface area (Å²) in [5, 5.41) is 12.3. The van der Waals surface area contributed by atoms with Crippen LogP contribution in [0.3, 0.4) is 0 Å². The first-order chi connectivity index (χ1) is 7.03. The van der Waals surface area contributed by atoms with Crippen LogP contribution in [0, 0.1) is 0 Å². The number of aliphatic hydroxyl groups excluding tert-OH is 1. The van der Waals surface area contributed by atoms with Crippen LogP contribution in [0.5, 0.6) is 0 Å². The molecule has 84 valence electrons. The Balaban J connectivity index is 2.49. The molecule has 0 aromatic heterocycles. The highest BCUT2D eigenvalue weighted by atomic mass is 79.9. The number of nitrogens with one attached hydrogen (secondary N) is 1. The third-order valence-electron chi connectivity index (χ3n) is 2.40. The summed E-state index contributed by atoms with van der Waals surface area (Å²) in [6, 6.07) is 8.23. The molecule has 0 aliphatic carbocycles. The second-order valence-electron chi connectivity index (χ2n) is 4.34. The molecular formula is C12H18BrNO. The van der Waals surface area contributed by atoms with Crippen molar-refractivity contribution < 1.29 is 5.11 Å². The highest BCUT2D eigenvalue weighted by Crippen LogP contribution is 2.13. The minimum atomic E-state index is -0.0168. The van der Waals surface area contributed by atoms with Crippen molar-refractivity contribution in [2.75, 3.05) is 6.61 Å². The first kappa shape index (κ1) is 12.7. The van der Waals surface area contributed by atoms with Gasteiger partial charge in [-0.1, -0.05) is 28.1 Å². The smallest absolute Gasteiger partial charge is 0.0448 e. The Morgan fingerprint density at radius 2 is 2.13 bits per heavy atom. The topological polar surface area (TPSA) is 32.3 Å². The summed E-state index contributed by atoms with van der Waals surface area (Å²) in [7, 11) is 0. The third-order valence-corrected chi connectivity index (χ3v) is 2.89. The quantitative estimate of drug-likeness (QED) is 0.863. The second kappa shape index (κ2) is 5.64. The Kier molecular flexibility index (Phi) is 4.77. The predicted molar refractivity (Wildman–Crippen MR) is 66.8 cm³/mol. The monoisotopic (exact) mass is 271 g/mol. The van der Waals surface area contributed by atoms with E-state index in [1.807, 2.05) is 12.1 Å².